The average Bonchev–Trinajstić information content (AvgIpc) is 3.39. The first-order valence-electron chi connectivity index (χ1n) is 15.1. The summed E-state index contributed by atoms with van der Waals surface area (Å²) in [7, 11) is 0. The summed E-state index contributed by atoms with van der Waals surface area (Å²) in [5, 5.41) is 7.29. The van der Waals surface area contributed by atoms with Crippen LogP contribution in [0, 0.1) is 5.41 Å². The van der Waals surface area contributed by atoms with Crippen LogP contribution in [-0.2, 0) is 0 Å². The third-order valence-corrected chi connectivity index (χ3v) is 8.43. The van der Waals surface area contributed by atoms with E-state index in [-0.39, 0.29) is 0 Å². The number of aliphatic imine (C=N–C) groups is 1. The summed E-state index contributed by atoms with van der Waals surface area (Å²) in [6.45, 7) is 6.18. The van der Waals surface area contributed by atoms with Crippen molar-refractivity contribution < 1.29 is 4.48 Å². The Hall–Kier alpha value is -5.84. The first kappa shape index (κ1) is 28.0. The minimum Gasteiger partial charge on any atom is -0.361 e. The van der Waals surface area contributed by atoms with E-state index in [1.54, 1.807) is 6.08 Å². The molecule has 3 aliphatic rings. The van der Waals surface area contributed by atoms with E-state index in [1.807, 2.05) is 67.9 Å². The van der Waals surface area contributed by atoms with Gasteiger partial charge in [0, 0.05) is 36.5 Å². The summed E-state index contributed by atoms with van der Waals surface area (Å²) >= 11 is 0. The van der Waals surface area contributed by atoms with Crippen molar-refractivity contribution in [2.24, 2.45) is 4.99 Å². The van der Waals surface area contributed by atoms with Gasteiger partial charge in [-0.15, -0.1) is 0 Å². The lowest BCUT2D eigenvalue weighted by atomic mass is 9.97. The normalized spacial score (nSPS) is 18.3. The zero-order valence-corrected chi connectivity index (χ0v) is 25.1. The molecule has 45 heavy (non-hydrogen) atoms. The Morgan fingerprint density at radius 2 is 1.69 bits per heavy atom. The molecule has 4 heterocycles. The molecule has 2 N–H and O–H groups in total. The Morgan fingerprint density at radius 3 is 2.51 bits per heavy atom. The van der Waals surface area contributed by atoms with Crippen molar-refractivity contribution in [2.45, 2.75) is 6.92 Å². The fourth-order valence-electron chi connectivity index (χ4n) is 6.08. The van der Waals surface area contributed by atoms with Crippen LogP contribution >= 0.6 is 0 Å². The Kier molecular flexibility index (Phi) is 7.26. The molecule has 0 amide bonds. The van der Waals surface area contributed by atoms with Gasteiger partial charge in [-0.3, -0.25) is 4.99 Å². The molecule has 0 saturated carbocycles. The molecule has 1 aromatic heterocycles. The van der Waals surface area contributed by atoms with Gasteiger partial charge in [-0.25, -0.2) is 0 Å². The number of aromatic amines is 1. The van der Waals surface area contributed by atoms with Crippen LogP contribution in [0.1, 0.15) is 23.6 Å². The number of nitrogens with zero attached hydrogens (tertiary/aromatic N) is 2. The van der Waals surface area contributed by atoms with Crippen molar-refractivity contribution in [2.75, 3.05) is 0 Å². The monoisotopic (exact) mass is 581 g/mol. The smallest absolute Gasteiger partial charge is 0.220 e. The highest BCUT2D eigenvalue weighted by atomic mass is 15.5. The molecule has 3 aliphatic heterocycles. The molecule has 0 aliphatic carbocycles. The lowest BCUT2D eigenvalue weighted by molar-refractivity contribution is -0.669. The zero-order valence-electron chi connectivity index (χ0n) is 25.1. The molecule has 0 saturated heterocycles. The summed E-state index contributed by atoms with van der Waals surface area (Å²) in [4.78, 5) is 8.26. The van der Waals surface area contributed by atoms with Crippen molar-refractivity contribution in [3.63, 3.8) is 0 Å². The molecule has 1 atom stereocenters. The van der Waals surface area contributed by atoms with Gasteiger partial charge < -0.3 is 10.4 Å². The van der Waals surface area contributed by atoms with Crippen LogP contribution in [0.4, 0.5) is 5.69 Å². The second-order valence-electron chi connectivity index (χ2n) is 11.2. The lowest BCUT2D eigenvalue weighted by Gasteiger charge is -2.27. The van der Waals surface area contributed by atoms with Crippen LogP contribution in [0.3, 0.4) is 0 Å². The SMILES string of the molecule is C=C(/C=C\C=N)c1cccc(-c2ccc(C3=C4C=C5C=C(c6cccc(-c7ccc[nH]7)c6)C=C[N+]543)c(N=C/C=C\C=C/C)c2)c1. The molecule has 4 aromatic rings. The summed E-state index contributed by atoms with van der Waals surface area (Å²) in [5.74, 6) is 0. The maximum atomic E-state index is 7.29. The topological polar surface area (TPSA) is 52.0 Å². The second kappa shape index (κ2) is 11.7. The largest absolute Gasteiger partial charge is 0.361 e. The highest BCUT2D eigenvalue weighted by molar-refractivity contribution is 5.92. The van der Waals surface area contributed by atoms with Crippen molar-refractivity contribution >= 4 is 35.0 Å². The van der Waals surface area contributed by atoms with Gasteiger partial charge in [0.25, 0.3) is 0 Å². The Bertz CT molecular complexity index is 2090. The van der Waals surface area contributed by atoms with Crippen LogP contribution in [0.2, 0.25) is 0 Å². The standard InChI is InChI=1S/C41H33N4/c1-3-4-5-6-21-44-39-27-33(31-13-7-12-30(24-31)29(2)11-9-20-42)17-18-37(39)41-40-28-36-26-34(19-23-45(36,40)41)32-14-8-15-35(25-32)38-16-10-22-43-38/h3-28,42-43H,2H2,1H3/q+1/b4-3-,6-5-,11-9-,42-20?,44-21?. The van der Waals surface area contributed by atoms with Gasteiger partial charge in [0.05, 0.1) is 17.3 Å². The van der Waals surface area contributed by atoms with Crippen LogP contribution < -0.4 is 0 Å². The van der Waals surface area contributed by atoms with Gasteiger partial charge in [0.2, 0.25) is 11.4 Å². The van der Waals surface area contributed by atoms with Gasteiger partial charge in [0.15, 0.2) is 5.70 Å². The molecule has 4 heteroatoms. The number of allylic oxidation sites excluding steroid dienone is 11. The summed E-state index contributed by atoms with van der Waals surface area (Å²) in [6, 6.07) is 27.7. The van der Waals surface area contributed by atoms with Crippen LogP contribution in [0.15, 0.2) is 169 Å². The van der Waals surface area contributed by atoms with Crippen LogP contribution in [0.25, 0.3) is 39.2 Å². The molecular weight excluding hydrogens is 548 g/mol. The molecule has 0 fully saturated rings. The quantitative estimate of drug-likeness (QED) is 0.106. The number of rotatable bonds is 10. The van der Waals surface area contributed by atoms with E-state index in [9.17, 15) is 0 Å². The number of hydrogen-bond acceptors (Lipinski definition) is 2. The first-order valence-corrected chi connectivity index (χ1v) is 15.1. The van der Waals surface area contributed by atoms with E-state index >= 15 is 0 Å². The lowest BCUT2D eigenvalue weighted by Crippen LogP contribution is -2.28. The van der Waals surface area contributed by atoms with Gasteiger partial charge in [-0.2, -0.15) is 4.48 Å². The summed E-state index contributed by atoms with van der Waals surface area (Å²) in [5.41, 5.74) is 14.8. The predicted molar refractivity (Wildman–Crippen MR) is 190 cm³/mol. The van der Waals surface area contributed by atoms with E-state index in [4.69, 9.17) is 10.4 Å². The van der Waals surface area contributed by atoms with Gasteiger partial charge >= 0.3 is 0 Å². The Balaban J connectivity index is 1.19. The van der Waals surface area contributed by atoms with E-state index in [1.165, 1.54) is 40.0 Å². The number of quaternary nitrogens is 1. The van der Waals surface area contributed by atoms with Gasteiger partial charge in [0.1, 0.15) is 6.20 Å². The second-order valence-corrected chi connectivity index (χ2v) is 11.2. The van der Waals surface area contributed by atoms with Crippen molar-refractivity contribution in [3.8, 4) is 22.4 Å². The number of nitrogens with one attached hydrogen (secondary N) is 2. The third-order valence-electron chi connectivity index (χ3n) is 8.43. The minimum atomic E-state index is 0.699. The number of benzene rings is 3. The average molecular weight is 582 g/mol. The molecule has 3 aromatic carbocycles. The van der Waals surface area contributed by atoms with E-state index in [0.717, 1.165) is 39.2 Å². The van der Waals surface area contributed by atoms with Crippen molar-refractivity contribution in [1.29, 1.82) is 5.41 Å². The summed E-state index contributed by atoms with van der Waals surface area (Å²) in [6.07, 6.45) is 25.8. The van der Waals surface area contributed by atoms with Crippen molar-refractivity contribution in [1.82, 2.24) is 4.98 Å². The van der Waals surface area contributed by atoms with E-state index in [0.29, 0.717) is 4.48 Å². The van der Waals surface area contributed by atoms with Gasteiger partial charge in [-0.05, 0) is 94.4 Å². The highest BCUT2D eigenvalue weighted by Gasteiger charge is 2.65. The Morgan fingerprint density at radius 1 is 0.844 bits per heavy atom. The summed E-state index contributed by atoms with van der Waals surface area (Å²) < 4.78 is 0.699. The molecule has 7 rings (SSSR count). The first-order chi connectivity index (χ1) is 22.1. The number of aromatic nitrogens is 1. The van der Waals surface area contributed by atoms with Gasteiger partial charge in [-0.1, -0.05) is 73.3 Å². The minimum absolute atomic E-state index is 0.699. The van der Waals surface area contributed by atoms with Crippen molar-refractivity contribution in [3.05, 3.63) is 181 Å². The van der Waals surface area contributed by atoms with E-state index in [2.05, 4.69) is 96.7 Å². The predicted octanol–water partition coefficient (Wildman–Crippen LogP) is 10.4. The van der Waals surface area contributed by atoms with E-state index < -0.39 is 0 Å². The molecule has 216 valence electrons. The maximum absolute atomic E-state index is 7.29. The molecular formula is C41H33N4+. The molecule has 1 unspecified atom stereocenters. The number of H-pyrrole nitrogens is 1. The highest BCUT2D eigenvalue weighted by Crippen LogP contribution is 2.65. The molecule has 0 bridgehead atoms. The number of hydrogen-bond donors (Lipinski definition) is 2. The third kappa shape index (κ3) is 5.07. The fourth-order valence-corrected chi connectivity index (χ4v) is 6.08. The maximum Gasteiger partial charge on any atom is 0.220 e. The molecule has 0 radical (unpaired) electrons. The molecule has 4 nitrogen and oxygen atoms in total. The van der Waals surface area contributed by atoms with Crippen LogP contribution in [-0.4, -0.2) is 21.9 Å². The Labute approximate surface area is 264 Å². The van der Waals surface area contributed by atoms with Crippen LogP contribution in [0.5, 0.6) is 0 Å². The zero-order chi connectivity index (χ0) is 30.8. The fraction of sp³-hybridized carbons (Fsp3) is 0.0244. The molecule has 1 spiro atoms.